The van der Waals surface area contributed by atoms with Gasteiger partial charge in [0.05, 0.1) is 5.41 Å². The van der Waals surface area contributed by atoms with E-state index in [1.165, 1.54) is 11.6 Å². The Morgan fingerprint density at radius 2 is 1.74 bits per heavy atom. The van der Waals surface area contributed by atoms with Crippen LogP contribution in [-0.2, 0) is 29.8 Å². The van der Waals surface area contributed by atoms with Crippen molar-refractivity contribution >= 4 is 5.78 Å². The minimum absolute atomic E-state index is 0.0806. The van der Waals surface area contributed by atoms with Crippen molar-refractivity contribution in [2.75, 3.05) is 6.54 Å². The third kappa shape index (κ3) is 2.85. The van der Waals surface area contributed by atoms with Gasteiger partial charge in [-0.25, -0.2) is 0 Å². The Balaban J connectivity index is 1.31. The second kappa shape index (κ2) is 7.54. The normalized spacial score (nSPS) is 30.0. The van der Waals surface area contributed by atoms with Crippen LogP contribution in [0.4, 0.5) is 0 Å². The molecule has 35 heavy (non-hydrogen) atoms. The second-order valence-corrected chi connectivity index (χ2v) is 10.2. The van der Waals surface area contributed by atoms with Crippen LogP contribution < -0.4 is 9.47 Å². The summed E-state index contributed by atoms with van der Waals surface area (Å²) in [7, 11) is 0. The molecule has 0 radical (unpaired) electrons. The third-order valence-corrected chi connectivity index (χ3v) is 8.43. The summed E-state index contributed by atoms with van der Waals surface area (Å²) >= 11 is 0. The van der Waals surface area contributed by atoms with Crippen LogP contribution in [0.15, 0.2) is 84.9 Å². The minimum atomic E-state index is -1.19. The fourth-order valence-electron chi connectivity index (χ4n) is 6.85. The van der Waals surface area contributed by atoms with E-state index >= 15 is 0 Å². The molecule has 0 amide bonds. The van der Waals surface area contributed by atoms with Crippen LogP contribution in [0.3, 0.4) is 0 Å². The van der Waals surface area contributed by atoms with E-state index in [0.29, 0.717) is 30.9 Å². The fraction of sp³-hybridized carbons (Fsp3) is 0.300. The number of piperidine rings is 1. The van der Waals surface area contributed by atoms with E-state index in [0.717, 1.165) is 29.8 Å². The van der Waals surface area contributed by atoms with Crippen molar-refractivity contribution in [3.63, 3.8) is 0 Å². The minimum Gasteiger partial charge on any atom is -0.485 e. The molecule has 4 aliphatic rings. The maximum absolute atomic E-state index is 13.1. The zero-order valence-corrected chi connectivity index (χ0v) is 19.4. The molecular formula is C30H27NO4. The van der Waals surface area contributed by atoms with Crippen LogP contribution in [0.5, 0.6) is 11.5 Å². The summed E-state index contributed by atoms with van der Waals surface area (Å²) < 4.78 is 12.6. The summed E-state index contributed by atoms with van der Waals surface area (Å²) in [5, 5.41) is 12.4. The second-order valence-electron chi connectivity index (χ2n) is 10.2. The molecule has 1 fully saturated rings. The van der Waals surface area contributed by atoms with Crippen LogP contribution in [0, 0.1) is 0 Å². The Morgan fingerprint density at radius 3 is 2.51 bits per heavy atom. The van der Waals surface area contributed by atoms with E-state index in [-0.39, 0.29) is 11.8 Å². The average Bonchev–Trinajstić information content (AvgIpc) is 3.24. The molecule has 3 aromatic carbocycles. The predicted molar refractivity (Wildman–Crippen MR) is 131 cm³/mol. The monoisotopic (exact) mass is 465 g/mol. The molecule has 1 saturated heterocycles. The standard InChI is InChI=1S/C30H27NO4/c32-23-13-14-30(33)25-17-22-11-12-24(34-19-21-9-5-2-6-10-21)27-26(22)29(30,28(23)35-27)15-16-31(25)18-20-7-3-1-4-8-20/h1-14,25,28,33H,15-19H2/t25-,28+,29+,30-/m1/s1. The Hall–Kier alpha value is -3.41. The lowest BCUT2D eigenvalue weighted by Gasteiger charge is -2.60. The zero-order valence-electron chi connectivity index (χ0n) is 19.4. The van der Waals surface area contributed by atoms with Gasteiger partial charge in [0.2, 0.25) is 0 Å². The number of carbonyl (C=O) groups excluding carboxylic acids is 1. The van der Waals surface area contributed by atoms with Crippen molar-refractivity contribution < 1.29 is 19.4 Å². The highest BCUT2D eigenvalue weighted by molar-refractivity contribution is 5.99. The summed E-state index contributed by atoms with van der Waals surface area (Å²) in [6.07, 6.45) is 3.90. The molecule has 1 spiro atoms. The highest BCUT2D eigenvalue weighted by atomic mass is 16.5. The number of hydrogen-bond donors (Lipinski definition) is 1. The topological polar surface area (TPSA) is 59.0 Å². The van der Waals surface area contributed by atoms with E-state index in [1.54, 1.807) is 6.08 Å². The van der Waals surface area contributed by atoms with Gasteiger partial charge < -0.3 is 14.6 Å². The number of likely N-dealkylation sites (tertiary alicyclic amines) is 1. The van der Waals surface area contributed by atoms with E-state index in [1.807, 2.05) is 42.5 Å². The van der Waals surface area contributed by atoms with Crippen molar-refractivity contribution in [2.45, 2.75) is 49.2 Å². The van der Waals surface area contributed by atoms with Crippen molar-refractivity contribution in [3.8, 4) is 11.5 Å². The van der Waals surface area contributed by atoms with E-state index < -0.39 is 17.1 Å². The van der Waals surface area contributed by atoms with Crippen LogP contribution in [0.25, 0.3) is 0 Å². The van der Waals surface area contributed by atoms with Gasteiger partial charge in [0.1, 0.15) is 12.2 Å². The Bertz CT molecular complexity index is 1340. The van der Waals surface area contributed by atoms with Gasteiger partial charge in [0.15, 0.2) is 23.4 Å². The summed E-state index contributed by atoms with van der Waals surface area (Å²) in [5.41, 5.74) is 2.43. The molecule has 4 atom stereocenters. The Morgan fingerprint density at radius 1 is 1.00 bits per heavy atom. The number of aliphatic hydroxyl groups is 1. The molecule has 3 aromatic rings. The first-order valence-corrected chi connectivity index (χ1v) is 12.3. The lowest BCUT2D eigenvalue weighted by Crippen LogP contribution is -2.75. The van der Waals surface area contributed by atoms with Crippen molar-refractivity contribution in [1.82, 2.24) is 4.90 Å². The van der Waals surface area contributed by atoms with E-state index in [4.69, 9.17) is 9.47 Å². The van der Waals surface area contributed by atoms with Gasteiger partial charge in [0.25, 0.3) is 0 Å². The molecule has 5 heteroatoms. The van der Waals surface area contributed by atoms with Crippen LogP contribution in [-0.4, -0.2) is 40.1 Å². The number of carbonyl (C=O) groups is 1. The Labute approximate surface area is 204 Å². The lowest BCUT2D eigenvalue weighted by atomic mass is 9.51. The van der Waals surface area contributed by atoms with Crippen molar-refractivity contribution in [2.24, 2.45) is 0 Å². The van der Waals surface area contributed by atoms with Crippen LogP contribution in [0.2, 0.25) is 0 Å². The zero-order chi connectivity index (χ0) is 23.6. The summed E-state index contributed by atoms with van der Waals surface area (Å²) in [6.45, 7) is 1.96. The van der Waals surface area contributed by atoms with Gasteiger partial charge in [-0.3, -0.25) is 9.69 Å². The van der Waals surface area contributed by atoms with E-state index in [9.17, 15) is 9.90 Å². The number of hydrogen-bond acceptors (Lipinski definition) is 5. The molecular weight excluding hydrogens is 438 g/mol. The molecule has 5 nitrogen and oxygen atoms in total. The lowest BCUT2D eigenvalue weighted by molar-refractivity contribution is -0.155. The Kier molecular flexibility index (Phi) is 4.51. The first kappa shape index (κ1) is 20.9. The van der Waals surface area contributed by atoms with E-state index in [2.05, 4.69) is 35.2 Å². The highest BCUT2D eigenvalue weighted by Crippen LogP contribution is 2.63. The SMILES string of the molecule is O=C1C=C[C@@]2(O)[C@H]3Cc4ccc(OCc5ccccc5)c5c4[C@@]2(CCN3Cc2ccccc2)[C@H]1O5. The summed E-state index contributed by atoms with van der Waals surface area (Å²) in [6, 6.07) is 24.3. The van der Waals surface area contributed by atoms with Crippen molar-refractivity contribution in [1.29, 1.82) is 0 Å². The molecule has 0 unspecified atom stereocenters. The molecule has 1 N–H and O–H groups in total. The van der Waals surface area contributed by atoms with Crippen LogP contribution in [0.1, 0.15) is 28.7 Å². The molecule has 0 aromatic heterocycles. The average molecular weight is 466 g/mol. The number of ketones is 1. The number of rotatable bonds is 5. The third-order valence-electron chi connectivity index (χ3n) is 8.43. The fourth-order valence-corrected chi connectivity index (χ4v) is 6.85. The van der Waals surface area contributed by atoms with Gasteiger partial charge in [-0.15, -0.1) is 0 Å². The number of ether oxygens (including phenoxy) is 2. The first-order valence-electron chi connectivity index (χ1n) is 12.3. The molecule has 7 rings (SSSR count). The molecule has 176 valence electrons. The smallest absolute Gasteiger partial charge is 0.196 e. The van der Waals surface area contributed by atoms with Crippen molar-refractivity contribution in [3.05, 3.63) is 107 Å². The van der Waals surface area contributed by atoms with Gasteiger partial charge in [-0.1, -0.05) is 66.7 Å². The van der Waals surface area contributed by atoms with Gasteiger partial charge >= 0.3 is 0 Å². The number of nitrogens with zero attached hydrogens (tertiary/aromatic N) is 1. The van der Waals surface area contributed by atoms with Gasteiger partial charge in [-0.2, -0.15) is 0 Å². The van der Waals surface area contributed by atoms with Gasteiger partial charge in [-0.05, 0) is 47.8 Å². The highest BCUT2D eigenvalue weighted by Gasteiger charge is 2.72. The summed E-state index contributed by atoms with van der Waals surface area (Å²) in [5.74, 6) is 1.19. The maximum atomic E-state index is 13.1. The van der Waals surface area contributed by atoms with Gasteiger partial charge in [0, 0.05) is 24.7 Å². The summed E-state index contributed by atoms with van der Waals surface area (Å²) in [4.78, 5) is 15.5. The first-order chi connectivity index (χ1) is 17.1. The number of benzene rings is 3. The molecule has 0 saturated carbocycles. The molecule has 2 aliphatic carbocycles. The maximum Gasteiger partial charge on any atom is 0.196 e. The van der Waals surface area contributed by atoms with Crippen LogP contribution >= 0.6 is 0 Å². The molecule has 2 heterocycles. The molecule has 2 aliphatic heterocycles. The quantitative estimate of drug-likeness (QED) is 0.618. The molecule has 2 bridgehead atoms. The largest absolute Gasteiger partial charge is 0.485 e. The predicted octanol–water partition coefficient (Wildman–Crippen LogP) is 3.97.